The molecule has 0 fully saturated rings. The lowest BCUT2D eigenvalue weighted by Crippen LogP contribution is -2.19. The van der Waals surface area contributed by atoms with Crippen LogP contribution in [0.4, 0.5) is 10.1 Å². The minimum atomic E-state index is -0.242. The van der Waals surface area contributed by atoms with E-state index in [-0.39, 0.29) is 17.1 Å². The van der Waals surface area contributed by atoms with Gasteiger partial charge in [-0.2, -0.15) is 0 Å². The number of hydrogen-bond donors (Lipinski definition) is 2. The molecule has 0 radical (unpaired) electrons. The van der Waals surface area contributed by atoms with Crippen molar-refractivity contribution in [1.82, 2.24) is 9.97 Å². The van der Waals surface area contributed by atoms with Gasteiger partial charge in [-0.05, 0) is 58.9 Å². The Morgan fingerprint density at radius 1 is 0.925 bits per heavy atom. The van der Waals surface area contributed by atoms with Gasteiger partial charge in [0.1, 0.15) is 5.82 Å². The Kier molecular flexibility index (Phi) is 6.54. The molecule has 2 aromatic heterocycles. The Morgan fingerprint density at radius 3 is 2.58 bits per heavy atom. The quantitative estimate of drug-likeness (QED) is 0.243. The Labute approximate surface area is 233 Å². The molecule has 0 spiro atoms. The molecule has 3 aromatic carbocycles. The number of halogens is 1. The number of carbonyl (C=O) groups is 1. The molecule has 0 aliphatic carbocycles. The third-order valence-corrected chi connectivity index (χ3v) is 7.15. The van der Waals surface area contributed by atoms with Gasteiger partial charge in [-0.25, -0.2) is 4.39 Å². The molecule has 5 nitrogen and oxygen atoms in total. The fourth-order valence-corrected chi connectivity index (χ4v) is 5.35. The van der Waals surface area contributed by atoms with E-state index < -0.39 is 0 Å². The molecule has 6 rings (SSSR count). The zero-order valence-corrected chi connectivity index (χ0v) is 22.9. The van der Waals surface area contributed by atoms with Gasteiger partial charge in [0.25, 0.3) is 0 Å². The topological polar surface area (TPSA) is 70.1 Å². The Bertz CT molecular complexity index is 1780. The van der Waals surface area contributed by atoms with Gasteiger partial charge in [0, 0.05) is 46.8 Å². The average Bonchev–Trinajstić information content (AvgIpc) is 3.36. The number of pyridine rings is 1. The van der Waals surface area contributed by atoms with Crippen molar-refractivity contribution in [2.24, 2.45) is 10.4 Å². The predicted molar refractivity (Wildman–Crippen MR) is 160 cm³/mol. The van der Waals surface area contributed by atoms with E-state index in [0.717, 1.165) is 51.0 Å². The number of aromatic nitrogens is 2. The minimum Gasteiger partial charge on any atom is -0.353 e. The molecule has 1 aliphatic heterocycles. The van der Waals surface area contributed by atoms with Crippen LogP contribution in [-0.4, -0.2) is 28.1 Å². The lowest BCUT2D eigenvalue weighted by Gasteiger charge is -2.18. The van der Waals surface area contributed by atoms with Gasteiger partial charge >= 0.3 is 0 Å². The van der Waals surface area contributed by atoms with E-state index in [1.165, 1.54) is 11.6 Å². The van der Waals surface area contributed by atoms with Crippen LogP contribution in [0.15, 0.2) is 90.2 Å². The smallest absolute Gasteiger partial charge is 0.224 e. The third-order valence-electron chi connectivity index (χ3n) is 7.15. The summed E-state index contributed by atoms with van der Waals surface area (Å²) in [5.41, 5.74) is 8.93. The highest BCUT2D eigenvalue weighted by atomic mass is 19.1. The van der Waals surface area contributed by atoms with Crippen LogP contribution in [-0.2, 0) is 11.2 Å². The molecule has 6 heteroatoms. The fraction of sp³-hybridized carbons (Fsp3) is 0.206. The first-order valence-electron chi connectivity index (χ1n) is 13.6. The van der Waals surface area contributed by atoms with Crippen molar-refractivity contribution >= 4 is 28.2 Å². The second-order valence-corrected chi connectivity index (χ2v) is 11.5. The molecule has 40 heavy (non-hydrogen) atoms. The highest BCUT2D eigenvalue weighted by molar-refractivity contribution is 6.16. The van der Waals surface area contributed by atoms with E-state index in [1.807, 2.05) is 63.4 Å². The first-order chi connectivity index (χ1) is 19.2. The number of nitrogens with one attached hydrogen (secondary N) is 2. The summed E-state index contributed by atoms with van der Waals surface area (Å²) >= 11 is 0. The van der Waals surface area contributed by atoms with E-state index in [0.29, 0.717) is 24.2 Å². The number of H-pyrrole nitrogens is 1. The van der Waals surface area contributed by atoms with E-state index in [9.17, 15) is 9.18 Å². The summed E-state index contributed by atoms with van der Waals surface area (Å²) < 4.78 is 14.7. The number of hydrogen-bond acceptors (Lipinski definition) is 3. The van der Waals surface area contributed by atoms with E-state index in [4.69, 9.17) is 4.99 Å². The number of nitrogens with zero attached hydrogens (tertiary/aromatic N) is 2. The van der Waals surface area contributed by atoms with Crippen LogP contribution < -0.4 is 5.32 Å². The second-order valence-electron chi connectivity index (χ2n) is 11.5. The van der Waals surface area contributed by atoms with Crippen molar-refractivity contribution in [3.05, 3.63) is 108 Å². The Hall–Kier alpha value is -4.58. The minimum absolute atomic E-state index is 0.0279. The number of carbonyl (C=O) groups excluding carboxylic acids is 1. The first-order valence-corrected chi connectivity index (χ1v) is 13.6. The molecule has 0 bridgehead atoms. The molecule has 0 saturated heterocycles. The Morgan fingerprint density at radius 2 is 1.75 bits per heavy atom. The normalized spacial score (nSPS) is 13.2. The van der Waals surface area contributed by atoms with Crippen molar-refractivity contribution in [2.45, 2.75) is 33.6 Å². The van der Waals surface area contributed by atoms with Crippen LogP contribution in [0.3, 0.4) is 0 Å². The van der Waals surface area contributed by atoms with Gasteiger partial charge in [-0.1, -0.05) is 63.2 Å². The van der Waals surface area contributed by atoms with Crippen molar-refractivity contribution < 1.29 is 9.18 Å². The maximum atomic E-state index is 14.7. The number of anilines is 1. The number of fused-ring (bicyclic) bond motifs is 2. The standard InChI is InChI=1S/C34H31FN4O/c1-34(2,3)18-32(40)38-24-15-23(19-36-20-24)22-12-11-21-13-14-37-33(27(21)16-22)31-17-28-25(8-6-10-30(28)39-31)26-7-4-5-9-29(26)35/h4-12,15-17,19-20,39H,13-14,18H2,1-3H3,(H,38,40). The number of amides is 1. The summed E-state index contributed by atoms with van der Waals surface area (Å²) in [6.45, 7) is 6.83. The first kappa shape index (κ1) is 25.7. The van der Waals surface area contributed by atoms with E-state index in [1.54, 1.807) is 12.3 Å². The molecule has 5 aromatic rings. The molecule has 0 unspecified atom stereocenters. The molecule has 200 valence electrons. The Balaban J connectivity index is 1.35. The van der Waals surface area contributed by atoms with Crippen LogP contribution in [0.2, 0.25) is 0 Å². The van der Waals surface area contributed by atoms with E-state index >= 15 is 0 Å². The molecular formula is C34H31FN4O. The molecule has 3 heterocycles. The van der Waals surface area contributed by atoms with Crippen LogP contribution in [0, 0.1) is 11.2 Å². The highest BCUT2D eigenvalue weighted by Gasteiger charge is 2.21. The van der Waals surface area contributed by atoms with Crippen LogP contribution in [0.1, 0.15) is 44.0 Å². The molecule has 1 amide bonds. The summed E-state index contributed by atoms with van der Waals surface area (Å²) in [7, 11) is 0. The number of benzene rings is 3. The second kappa shape index (κ2) is 10.2. The van der Waals surface area contributed by atoms with Crippen molar-refractivity contribution in [3.8, 4) is 22.3 Å². The van der Waals surface area contributed by atoms with Crippen LogP contribution >= 0.6 is 0 Å². The zero-order chi connectivity index (χ0) is 27.9. The zero-order valence-electron chi connectivity index (χ0n) is 22.9. The molecule has 1 aliphatic rings. The highest BCUT2D eigenvalue weighted by Crippen LogP contribution is 2.33. The average molecular weight is 531 g/mol. The summed E-state index contributed by atoms with van der Waals surface area (Å²) in [5, 5.41) is 3.94. The molecule has 0 saturated carbocycles. The number of aromatic amines is 1. The largest absolute Gasteiger partial charge is 0.353 e. The van der Waals surface area contributed by atoms with Crippen LogP contribution in [0.25, 0.3) is 33.2 Å². The number of rotatable bonds is 5. The summed E-state index contributed by atoms with van der Waals surface area (Å²) in [6, 6.07) is 23.2. The van der Waals surface area contributed by atoms with Crippen molar-refractivity contribution in [1.29, 1.82) is 0 Å². The van der Waals surface area contributed by atoms with Crippen LogP contribution in [0.5, 0.6) is 0 Å². The molecule has 0 atom stereocenters. The SMILES string of the molecule is CC(C)(C)CC(=O)Nc1cncc(-c2ccc3c(c2)C(c2cc4c(-c5ccccc5F)cccc4[nH]2)=NCC3)c1. The summed E-state index contributed by atoms with van der Waals surface area (Å²) in [4.78, 5) is 25.3. The third kappa shape index (κ3) is 5.17. The monoisotopic (exact) mass is 530 g/mol. The summed E-state index contributed by atoms with van der Waals surface area (Å²) in [5.74, 6) is -0.270. The maximum Gasteiger partial charge on any atom is 0.224 e. The van der Waals surface area contributed by atoms with Gasteiger partial charge < -0.3 is 10.3 Å². The maximum absolute atomic E-state index is 14.7. The van der Waals surface area contributed by atoms with Crippen molar-refractivity contribution in [2.75, 3.05) is 11.9 Å². The van der Waals surface area contributed by atoms with Crippen molar-refractivity contribution in [3.63, 3.8) is 0 Å². The lowest BCUT2D eigenvalue weighted by molar-refractivity contribution is -0.117. The van der Waals surface area contributed by atoms with E-state index in [2.05, 4.69) is 39.6 Å². The van der Waals surface area contributed by atoms with Gasteiger partial charge in [-0.3, -0.25) is 14.8 Å². The van der Waals surface area contributed by atoms with Gasteiger partial charge in [0.2, 0.25) is 5.91 Å². The summed E-state index contributed by atoms with van der Waals surface area (Å²) in [6.07, 6.45) is 4.78. The number of aliphatic imine (C=N–C) groups is 1. The molecular weight excluding hydrogens is 499 g/mol. The fourth-order valence-electron chi connectivity index (χ4n) is 5.35. The lowest BCUT2D eigenvalue weighted by atomic mass is 9.91. The van der Waals surface area contributed by atoms with Gasteiger partial charge in [0.05, 0.1) is 23.3 Å². The van der Waals surface area contributed by atoms with Gasteiger partial charge in [0.15, 0.2) is 0 Å². The van der Waals surface area contributed by atoms with Gasteiger partial charge in [-0.15, -0.1) is 0 Å². The molecule has 2 N–H and O–H groups in total. The predicted octanol–water partition coefficient (Wildman–Crippen LogP) is 7.80.